The molecule has 0 unspecified atom stereocenters. The Balaban J connectivity index is 2.72. The summed E-state index contributed by atoms with van der Waals surface area (Å²) in [5.41, 5.74) is -0.774. The third-order valence-corrected chi connectivity index (χ3v) is 4.71. The van der Waals surface area contributed by atoms with E-state index in [9.17, 15) is 14.4 Å². The number of hydrogen-bond acceptors (Lipinski definition) is 4. The van der Waals surface area contributed by atoms with E-state index in [2.05, 4.69) is 17.6 Å². The molecule has 0 aromatic carbocycles. The third-order valence-electron chi connectivity index (χ3n) is 4.71. The number of rotatable bonds is 12. The minimum Gasteiger partial charge on any atom is -0.361 e. The van der Waals surface area contributed by atoms with E-state index in [1.54, 1.807) is 6.92 Å². The Labute approximate surface area is 157 Å². The molecule has 2 amide bonds. The molecule has 150 valence electrons. The van der Waals surface area contributed by atoms with Gasteiger partial charge in [-0.2, -0.15) is 0 Å². The van der Waals surface area contributed by atoms with E-state index >= 15 is 0 Å². The van der Waals surface area contributed by atoms with Crippen LogP contribution in [0.2, 0.25) is 0 Å². The van der Waals surface area contributed by atoms with E-state index < -0.39 is 17.7 Å². The van der Waals surface area contributed by atoms with Crippen molar-refractivity contribution in [3.05, 3.63) is 0 Å². The second-order valence-electron chi connectivity index (χ2n) is 8.32. The first kappa shape index (κ1) is 22.6. The van der Waals surface area contributed by atoms with Crippen LogP contribution in [0.15, 0.2) is 0 Å². The summed E-state index contributed by atoms with van der Waals surface area (Å²) in [6.45, 7) is 12.0. The van der Waals surface area contributed by atoms with Gasteiger partial charge in [0.15, 0.2) is 5.78 Å². The number of nitrogens with one attached hydrogen (secondary N) is 2. The molecule has 0 saturated carbocycles. The zero-order valence-corrected chi connectivity index (χ0v) is 17.2. The molecular weight excluding hydrogens is 332 g/mol. The Hall–Kier alpha value is -1.43. The Bertz CT molecular complexity index is 498. The molecule has 0 aromatic rings. The van der Waals surface area contributed by atoms with Crippen LogP contribution in [0.4, 0.5) is 0 Å². The topological polar surface area (TPSA) is 87.8 Å². The first-order valence-corrected chi connectivity index (χ1v) is 9.88. The van der Waals surface area contributed by atoms with Gasteiger partial charge in [0.1, 0.15) is 11.6 Å². The lowest BCUT2D eigenvalue weighted by atomic mass is 9.92. The number of hydrogen-bond donors (Lipinski definition) is 2. The van der Waals surface area contributed by atoms with E-state index in [4.69, 9.17) is 4.74 Å². The summed E-state index contributed by atoms with van der Waals surface area (Å²) in [6, 6.07) is -1.23. The average Bonchev–Trinajstić information content (AvgIpc) is 3.29. The van der Waals surface area contributed by atoms with Crippen molar-refractivity contribution in [1.29, 1.82) is 0 Å². The van der Waals surface area contributed by atoms with Gasteiger partial charge in [-0.25, -0.2) is 0 Å². The molecule has 1 rings (SSSR count). The van der Waals surface area contributed by atoms with Crippen LogP contribution in [-0.2, 0) is 19.1 Å². The highest BCUT2D eigenvalue weighted by molar-refractivity contribution is 5.97. The Morgan fingerprint density at radius 1 is 1.08 bits per heavy atom. The highest BCUT2D eigenvalue weighted by Gasteiger charge is 2.50. The van der Waals surface area contributed by atoms with Gasteiger partial charge in [-0.3, -0.25) is 14.4 Å². The van der Waals surface area contributed by atoms with Crippen molar-refractivity contribution in [3.63, 3.8) is 0 Å². The van der Waals surface area contributed by atoms with Gasteiger partial charge in [-0.1, -0.05) is 47.5 Å². The second kappa shape index (κ2) is 10.0. The van der Waals surface area contributed by atoms with Crippen LogP contribution in [0.25, 0.3) is 0 Å². The molecule has 2 N–H and O–H groups in total. The monoisotopic (exact) mass is 368 g/mol. The van der Waals surface area contributed by atoms with Gasteiger partial charge < -0.3 is 15.4 Å². The maximum atomic E-state index is 12.8. The molecule has 0 aromatic heterocycles. The van der Waals surface area contributed by atoms with Gasteiger partial charge >= 0.3 is 0 Å². The number of amides is 2. The molecule has 26 heavy (non-hydrogen) atoms. The quantitative estimate of drug-likeness (QED) is 0.409. The molecule has 1 saturated heterocycles. The van der Waals surface area contributed by atoms with Crippen LogP contribution in [0.5, 0.6) is 0 Å². The van der Waals surface area contributed by atoms with Crippen LogP contribution in [0.3, 0.4) is 0 Å². The summed E-state index contributed by atoms with van der Waals surface area (Å²) in [4.78, 5) is 37.6. The molecule has 3 atom stereocenters. The van der Waals surface area contributed by atoms with Crippen molar-refractivity contribution in [2.45, 2.75) is 91.3 Å². The van der Waals surface area contributed by atoms with Crippen molar-refractivity contribution in [2.75, 3.05) is 6.61 Å². The molecule has 0 aliphatic carbocycles. The predicted molar refractivity (Wildman–Crippen MR) is 102 cm³/mol. The van der Waals surface area contributed by atoms with E-state index in [1.807, 2.05) is 27.7 Å². The van der Waals surface area contributed by atoms with Crippen molar-refractivity contribution < 1.29 is 19.1 Å². The van der Waals surface area contributed by atoms with Gasteiger partial charge in [0.25, 0.3) is 0 Å². The van der Waals surface area contributed by atoms with Gasteiger partial charge in [-0.15, -0.1) is 0 Å². The molecule has 1 aliphatic rings. The van der Waals surface area contributed by atoms with Gasteiger partial charge in [-0.05, 0) is 31.6 Å². The molecule has 0 bridgehead atoms. The summed E-state index contributed by atoms with van der Waals surface area (Å²) in [5.74, 6) is -0.305. The lowest BCUT2D eigenvalue weighted by Crippen LogP contribution is -2.55. The highest BCUT2D eigenvalue weighted by Crippen LogP contribution is 2.29. The van der Waals surface area contributed by atoms with E-state index in [0.29, 0.717) is 19.4 Å². The van der Waals surface area contributed by atoms with Crippen LogP contribution in [0.1, 0.15) is 73.6 Å². The van der Waals surface area contributed by atoms with Crippen molar-refractivity contribution >= 4 is 17.6 Å². The SMILES string of the molecule is CCCCCC(=O)N[C@H](C(=O)N[C@@H](CC(C)C)C(=O)[C@@]1(C)CO1)C(C)C. The fraction of sp³-hybridized carbons (Fsp3) is 0.850. The molecule has 6 nitrogen and oxygen atoms in total. The molecule has 6 heteroatoms. The fourth-order valence-electron chi connectivity index (χ4n) is 2.90. The average molecular weight is 369 g/mol. The Kier molecular flexibility index (Phi) is 8.74. The smallest absolute Gasteiger partial charge is 0.243 e. The first-order valence-electron chi connectivity index (χ1n) is 9.88. The number of carbonyl (C=O) groups excluding carboxylic acids is 3. The largest absolute Gasteiger partial charge is 0.361 e. The normalized spacial score (nSPS) is 21.4. The number of ketones is 1. The molecule has 1 heterocycles. The van der Waals surface area contributed by atoms with Gasteiger partial charge in [0, 0.05) is 6.42 Å². The molecule has 1 aliphatic heterocycles. The Morgan fingerprint density at radius 2 is 1.69 bits per heavy atom. The summed E-state index contributed by atoms with van der Waals surface area (Å²) in [5, 5.41) is 5.70. The maximum Gasteiger partial charge on any atom is 0.243 e. The maximum absolute atomic E-state index is 12.8. The molecular formula is C20H36N2O4. The third kappa shape index (κ3) is 7.06. The first-order chi connectivity index (χ1) is 12.1. The van der Waals surface area contributed by atoms with Crippen molar-refractivity contribution in [1.82, 2.24) is 10.6 Å². The number of epoxide rings is 1. The van der Waals surface area contributed by atoms with Gasteiger partial charge in [0.2, 0.25) is 11.8 Å². The standard InChI is InChI=1S/C20H36N2O4/c1-7-8-9-10-16(23)22-17(14(4)5)19(25)21-15(11-13(2)3)18(24)20(6)12-26-20/h13-15,17H,7-12H2,1-6H3,(H,21,25)(H,22,23)/t15-,17-,20+/m0/s1. The number of Topliss-reactive ketones (excluding diaryl/α,β-unsaturated/α-hetero) is 1. The summed E-state index contributed by atoms with van der Waals surface area (Å²) < 4.78 is 5.26. The fourth-order valence-corrected chi connectivity index (χ4v) is 2.90. The van der Waals surface area contributed by atoms with E-state index in [-0.39, 0.29) is 29.4 Å². The lowest BCUT2D eigenvalue weighted by Gasteiger charge is -2.26. The summed E-state index contributed by atoms with van der Waals surface area (Å²) in [7, 11) is 0. The van der Waals surface area contributed by atoms with Gasteiger partial charge in [0.05, 0.1) is 12.6 Å². The number of unbranched alkanes of at least 4 members (excludes halogenated alkanes) is 2. The van der Waals surface area contributed by atoms with Crippen LogP contribution in [0, 0.1) is 11.8 Å². The van der Waals surface area contributed by atoms with Crippen LogP contribution >= 0.6 is 0 Å². The zero-order chi connectivity index (χ0) is 19.9. The summed E-state index contributed by atoms with van der Waals surface area (Å²) >= 11 is 0. The van der Waals surface area contributed by atoms with E-state index in [1.165, 1.54) is 0 Å². The highest BCUT2D eigenvalue weighted by atomic mass is 16.6. The van der Waals surface area contributed by atoms with Crippen molar-refractivity contribution in [3.8, 4) is 0 Å². The van der Waals surface area contributed by atoms with E-state index in [0.717, 1.165) is 19.3 Å². The van der Waals surface area contributed by atoms with Crippen LogP contribution in [-0.4, -0.2) is 41.9 Å². The minimum atomic E-state index is -0.774. The summed E-state index contributed by atoms with van der Waals surface area (Å²) in [6.07, 6.45) is 3.83. The van der Waals surface area contributed by atoms with Crippen molar-refractivity contribution in [2.24, 2.45) is 11.8 Å². The number of ether oxygens (including phenoxy) is 1. The predicted octanol–water partition coefficient (Wildman–Crippen LogP) is 2.60. The molecule has 1 fully saturated rings. The molecule has 0 spiro atoms. The number of carbonyl (C=O) groups is 3. The zero-order valence-electron chi connectivity index (χ0n) is 17.2. The lowest BCUT2D eigenvalue weighted by molar-refractivity contribution is -0.134. The molecule has 0 radical (unpaired) electrons. The van der Waals surface area contributed by atoms with Crippen LogP contribution < -0.4 is 10.6 Å². The Morgan fingerprint density at radius 3 is 2.15 bits per heavy atom. The second-order valence-corrected chi connectivity index (χ2v) is 8.32. The minimum absolute atomic E-state index is 0.0623.